The molecule has 4 rings (SSSR count). The lowest BCUT2D eigenvalue weighted by Gasteiger charge is -2.38. The van der Waals surface area contributed by atoms with E-state index in [-0.39, 0.29) is 29.6 Å². The van der Waals surface area contributed by atoms with Crippen molar-refractivity contribution < 1.29 is 9.59 Å². The third-order valence-corrected chi connectivity index (χ3v) is 7.83. The molecule has 0 saturated heterocycles. The summed E-state index contributed by atoms with van der Waals surface area (Å²) in [6.45, 7) is 7.64. The molecule has 7 heteroatoms. The van der Waals surface area contributed by atoms with Gasteiger partial charge in [-0.25, -0.2) is 0 Å². The van der Waals surface area contributed by atoms with E-state index in [9.17, 15) is 9.59 Å². The first-order valence-electron chi connectivity index (χ1n) is 13.3. The molecule has 1 aliphatic heterocycles. The highest BCUT2D eigenvalue weighted by Gasteiger charge is 2.37. The first-order chi connectivity index (χ1) is 17.7. The molecule has 2 aromatic carbocycles. The van der Waals surface area contributed by atoms with E-state index in [1.54, 1.807) is 0 Å². The number of para-hydroxylation sites is 1. The number of rotatable bonds is 9. The maximum atomic E-state index is 14.4. The van der Waals surface area contributed by atoms with Gasteiger partial charge in [-0.3, -0.25) is 9.59 Å². The molecular weight excluding hydrogens is 484 g/mol. The summed E-state index contributed by atoms with van der Waals surface area (Å²) in [5.41, 5.74) is 4.00. The minimum absolute atomic E-state index is 0.0812. The van der Waals surface area contributed by atoms with Gasteiger partial charge in [-0.1, -0.05) is 57.0 Å². The van der Waals surface area contributed by atoms with Gasteiger partial charge in [-0.2, -0.15) is 0 Å². The van der Waals surface area contributed by atoms with E-state index in [4.69, 9.17) is 11.6 Å². The van der Waals surface area contributed by atoms with Crippen molar-refractivity contribution in [1.82, 2.24) is 15.2 Å². The molecule has 2 amide bonds. The Hall–Kier alpha value is -2.83. The summed E-state index contributed by atoms with van der Waals surface area (Å²) >= 11 is 6.35. The number of carbonyl (C=O) groups is 2. The Bertz CT molecular complexity index is 1250. The lowest BCUT2D eigenvalue weighted by Crippen LogP contribution is -2.54. The lowest BCUT2D eigenvalue weighted by molar-refractivity contribution is -0.128. The molecule has 2 N–H and O–H groups in total. The van der Waals surface area contributed by atoms with Crippen molar-refractivity contribution in [3.63, 3.8) is 0 Å². The molecule has 1 aliphatic rings. The number of carbonyl (C=O) groups excluding carboxylic acids is 2. The predicted octanol–water partition coefficient (Wildman–Crippen LogP) is 5.61. The summed E-state index contributed by atoms with van der Waals surface area (Å²) in [7, 11) is 4.10. The summed E-state index contributed by atoms with van der Waals surface area (Å²) < 4.78 is 0. The van der Waals surface area contributed by atoms with Crippen LogP contribution in [0.5, 0.6) is 0 Å². The summed E-state index contributed by atoms with van der Waals surface area (Å²) in [6, 6.07) is 13.1. The van der Waals surface area contributed by atoms with Crippen molar-refractivity contribution in [3.05, 3.63) is 64.8 Å². The van der Waals surface area contributed by atoms with Crippen molar-refractivity contribution in [1.29, 1.82) is 0 Å². The smallest absolute Gasteiger partial charge is 0.250 e. The minimum Gasteiger partial charge on any atom is -0.361 e. The normalized spacial score (nSPS) is 17.9. The molecule has 2 heterocycles. The van der Waals surface area contributed by atoms with Crippen LogP contribution in [0.1, 0.15) is 50.7 Å². The van der Waals surface area contributed by atoms with Gasteiger partial charge in [-0.15, -0.1) is 0 Å². The molecule has 0 spiro atoms. The number of aromatic amines is 1. The number of hydrogen-bond donors (Lipinski definition) is 2. The van der Waals surface area contributed by atoms with E-state index in [1.165, 1.54) is 0 Å². The molecule has 0 radical (unpaired) electrons. The average molecular weight is 523 g/mol. The monoisotopic (exact) mass is 522 g/mol. The van der Waals surface area contributed by atoms with E-state index in [0.717, 1.165) is 47.1 Å². The van der Waals surface area contributed by atoms with E-state index >= 15 is 0 Å². The van der Waals surface area contributed by atoms with Gasteiger partial charge in [0.05, 0.1) is 0 Å². The maximum absolute atomic E-state index is 14.4. The summed E-state index contributed by atoms with van der Waals surface area (Å²) in [5.74, 6) is 0.126. The van der Waals surface area contributed by atoms with E-state index in [0.29, 0.717) is 18.0 Å². The molecule has 3 aromatic rings. The second-order valence-electron chi connectivity index (χ2n) is 10.9. The Kier molecular flexibility index (Phi) is 8.60. The molecule has 4 atom stereocenters. The topological polar surface area (TPSA) is 68.4 Å². The number of amides is 2. The van der Waals surface area contributed by atoms with Crippen LogP contribution < -0.4 is 10.2 Å². The molecule has 1 aromatic heterocycles. The Labute approximate surface area is 225 Å². The highest BCUT2D eigenvalue weighted by Crippen LogP contribution is 2.35. The third-order valence-electron chi connectivity index (χ3n) is 7.60. The minimum atomic E-state index is -0.697. The fourth-order valence-electron chi connectivity index (χ4n) is 5.47. The molecule has 37 heavy (non-hydrogen) atoms. The SMILES string of the molecule is CCC(C)CC(=O)NC(C(=O)N1C[C@@H](CN(C)C)Cc2cc(Cl)ccc21)C(C)c1c[nH]c2ccccc12. The van der Waals surface area contributed by atoms with E-state index < -0.39 is 6.04 Å². The Balaban J connectivity index is 1.71. The second kappa shape index (κ2) is 11.7. The van der Waals surface area contributed by atoms with Gasteiger partial charge in [0.25, 0.3) is 0 Å². The molecule has 198 valence electrons. The maximum Gasteiger partial charge on any atom is 0.250 e. The zero-order valence-electron chi connectivity index (χ0n) is 22.6. The third kappa shape index (κ3) is 6.19. The standard InChI is InChI=1S/C30H39ClN4O2/c1-6-19(2)13-28(36)33-29(20(3)25-16-32-26-10-8-7-9-24(25)26)30(37)35-18-21(17-34(4)5)14-22-15-23(31)11-12-27(22)35/h7-12,15-16,19-21,29,32H,6,13-14,17-18H2,1-5H3,(H,33,36)/t19?,20?,21-,29?/m1/s1. The van der Waals surface area contributed by atoms with Crippen LogP contribution in [0.4, 0.5) is 5.69 Å². The molecule has 0 bridgehead atoms. The van der Waals surface area contributed by atoms with Crippen LogP contribution in [0.25, 0.3) is 10.9 Å². The second-order valence-corrected chi connectivity index (χ2v) is 11.3. The Morgan fingerprint density at radius 1 is 1.19 bits per heavy atom. The van der Waals surface area contributed by atoms with Crippen molar-refractivity contribution in [3.8, 4) is 0 Å². The van der Waals surface area contributed by atoms with Gasteiger partial charge >= 0.3 is 0 Å². The average Bonchev–Trinajstić information content (AvgIpc) is 3.29. The fraction of sp³-hybridized carbons (Fsp3) is 0.467. The van der Waals surface area contributed by atoms with Crippen LogP contribution in [0.15, 0.2) is 48.7 Å². The predicted molar refractivity (Wildman–Crippen MR) is 152 cm³/mol. The van der Waals surface area contributed by atoms with Gasteiger partial charge in [-0.05, 0) is 67.7 Å². The molecule has 0 aliphatic carbocycles. The number of nitrogens with one attached hydrogen (secondary N) is 2. The molecular formula is C30H39ClN4O2. The number of H-pyrrole nitrogens is 1. The van der Waals surface area contributed by atoms with Crippen LogP contribution in [0.3, 0.4) is 0 Å². The number of benzene rings is 2. The van der Waals surface area contributed by atoms with Crippen LogP contribution in [-0.4, -0.2) is 54.9 Å². The van der Waals surface area contributed by atoms with Gasteiger partial charge in [0.2, 0.25) is 11.8 Å². The lowest BCUT2D eigenvalue weighted by atomic mass is 9.88. The van der Waals surface area contributed by atoms with Gasteiger partial charge in [0, 0.05) is 53.2 Å². The summed E-state index contributed by atoms with van der Waals surface area (Å²) in [6.07, 6.45) is 4.14. The number of anilines is 1. The number of aromatic nitrogens is 1. The summed E-state index contributed by atoms with van der Waals surface area (Å²) in [4.78, 5) is 34.9. The number of fused-ring (bicyclic) bond motifs is 2. The largest absolute Gasteiger partial charge is 0.361 e. The summed E-state index contributed by atoms with van der Waals surface area (Å²) in [5, 5.41) is 4.89. The van der Waals surface area contributed by atoms with Gasteiger partial charge in [0.1, 0.15) is 6.04 Å². The highest BCUT2D eigenvalue weighted by atomic mass is 35.5. The van der Waals surface area contributed by atoms with Gasteiger partial charge in [0.15, 0.2) is 0 Å². The van der Waals surface area contributed by atoms with Crippen LogP contribution in [-0.2, 0) is 16.0 Å². The number of halogens is 1. The highest BCUT2D eigenvalue weighted by molar-refractivity contribution is 6.30. The van der Waals surface area contributed by atoms with Crippen LogP contribution in [0, 0.1) is 11.8 Å². The van der Waals surface area contributed by atoms with Gasteiger partial charge < -0.3 is 20.1 Å². The van der Waals surface area contributed by atoms with E-state index in [1.807, 2.05) is 54.4 Å². The quantitative estimate of drug-likeness (QED) is 0.383. The zero-order valence-corrected chi connectivity index (χ0v) is 23.3. The van der Waals surface area contributed by atoms with Crippen molar-refractivity contribution in [2.24, 2.45) is 11.8 Å². The number of nitrogens with zero attached hydrogens (tertiary/aromatic N) is 2. The molecule has 6 nitrogen and oxygen atoms in total. The van der Waals surface area contributed by atoms with Crippen molar-refractivity contribution in [2.75, 3.05) is 32.1 Å². The Morgan fingerprint density at radius 3 is 2.68 bits per heavy atom. The first-order valence-corrected chi connectivity index (χ1v) is 13.7. The molecule has 3 unspecified atom stereocenters. The van der Waals surface area contributed by atoms with Crippen LogP contribution in [0.2, 0.25) is 5.02 Å². The number of hydrogen-bond acceptors (Lipinski definition) is 3. The zero-order chi connectivity index (χ0) is 26.7. The Morgan fingerprint density at radius 2 is 1.95 bits per heavy atom. The first kappa shape index (κ1) is 27.2. The van der Waals surface area contributed by atoms with Crippen LogP contribution >= 0.6 is 11.6 Å². The fourth-order valence-corrected chi connectivity index (χ4v) is 5.67. The molecule has 0 fully saturated rings. The van der Waals surface area contributed by atoms with Crippen molar-refractivity contribution >= 4 is 40.0 Å². The molecule has 0 saturated carbocycles. The van der Waals surface area contributed by atoms with E-state index in [2.05, 4.69) is 49.2 Å². The van der Waals surface area contributed by atoms with Crippen molar-refractivity contribution in [2.45, 2.75) is 52.0 Å².